The third kappa shape index (κ3) is 5.46. The number of hydrogen-bond acceptors (Lipinski definition) is 6. The lowest BCUT2D eigenvalue weighted by Gasteiger charge is -2.33. The van der Waals surface area contributed by atoms with Gasteiger partial charge in [0.2, 0.25) is 5.88 Å². The molecule has 1 aliphatic heterocycles. The number of carbonyl (C=O) groups excluding carboxylic acids is 1. The van der Waals surface area contributed by atoms with E-state index in [4.69, 9.17) is 9.47 Å². The van der Waals surface area contributed by atoms with Crippen LogP contribution in [0, 0.1) is 0 Å². The first-order valence-corrected chi connectivity index (χ1v) is 8.34. The van der Waals surface area contributed by atoms with E-state index >= 15 is 0 Å². The van der Waals surface area contributed by atoms with Gasteiger partial charge in [0.05, 0.1) is 7.11 Å². The van der Waals surface area contributed by atoms with Crippen molar-refractivity contribution in [2.24, 2.45) is 0 Å². The molecule has 7 heteroatoms. The first kappa shape index (κ1) is 17.0. The van der Waals surface area contributed by atoms with Gasteiger partial charge in [-0.2, -0.15) is 4.37 Å². The van der Waals surface area contributed by atoms with Gasteiger partial charge in [-0.1, -0.05) is 0 Å². The summed E-state index contributed by atoms with van der Waals surface area (Å²) in [4.78, 5) is 15.4. The zero-order valence-electron chi connectivity index (χ0n) is 13.7. The first-order valence-electron chi connectivity index (χ1n) is 7.57. The maximum absolute atomic E-state index is 11.9. The van der Waals surface area contributed by atoms with Crippen LogP contribution in [-0.2, 0) is 11.3 Å². The number of amides is 1. The van der Waals surface area contributed by atoms with Crippen molar-refractivity contribution in [3.63, 3.8) is 0 Å². The number of carbonyl (C=O) groups is 1. The summed E-state index contributed by atoms with van der Waals surface area (Å²) in [6.07, 6.45) is 1.72. The second-order valence-electron chi connectivity index (χ2n) is 6.56. The number of nitrogens with one attached hydrogen (secondary N) is 1. The van der Waals surface area contributed by atoms with Gasteiger partial charge in [-0.05, 0) is 51.7 Å². The van der Waals surface area contributed by atoms with Crippen LogP contribution >= 0.6 is 11.5 Å². The summed E-state index contributed by atoms with van der Waals surface area (Å²) in [7, 11) is 1.63. The Morgan fingerprint density at radius 3 is 2.95 bits per heavy atom. The van der Waals surface area contributed by atoms with Gasteiger partial charge in [-0.15, -0.1) is 0 Å². The monoisotopic (exact) mass is 327 g/mol. The second kappa shape index (κ2) is 7.28. The number of nitrogens with zero attached hydrogens (tertiary/aromatic N) is 2. The zero-order valence-corrected chi connectivity index (χ0v) is 14.5. The summed E-state index contributed by atoms with van der Waals surface area (Å²) in [5.41, 5.74) is -0.461. The van der Waals surface area contributed by atoms with Gasteiger partial charge in [-0.25, -0.2) is 4.79 Å². The molecule has 2 rings (SSSR count). The molecule has 0 spiro atoms. The van der Waals surface area contributed by atoms with Gasteiger partial charge in [0.15, 0.2) is 0 Å². The van der Waals surface area contributed by atoms with Crippen LogP contribution in [0.5, 0.6) is 5.88 Å². The van der Waals surface area contributed by atoms with Gasteiger partial charge < -0.3 is 14.8 Å². The SMILES string of the molecule is COc1cc(CN2CCC[C@H](NC(=O)OC(C)(C)C)C2)sn1. The molecule has 6 nitrogen and oxygen atoms in total. The lowest BCUT2D eigenvalue weighted by molar-refractivity contribution is 0.0470. The van der Waals surface area contributed by atoms with Crippen molar-refractivity contribution in [1.82, 2.24) is 14.6 Å². The van der Waals surface area contributed by atoms with E-state index in [2.05, 4.69) is 14.6 Å². The number of likely N-dealkylation sites (tertiary alicyclic amines) is 1. The molecule has 1 aromatic heterocycles. The van der Waals surface area contributed by atoms with E-state index < -0.39 is 5.60 Å². The van der Waals surface area contributed by atoms with E-state index in [-0.39, 0.29) is 12.1 Å². The van der Waals surface area contributed by atoms with Crippen LogP contribution in [0.1, 0.15) is 38.5 Å². The number of ether oxygens (including phenoxy) is 2. The molecule has 124 valence electrons. The van der Waals surface area contributed by atoms with Crippen LogP contribution in [-0.4, -0.2) is 47.2 Å². The lowest BCUT2D eigenvalue weighted by atomic mass is 10.1. The van der Waals surface area contributed by atoms with Crippen LogP contribution < -0.4 is 10.1 Å². The third-order valence-electron chi connectivity index (χ3n) is 3.35. The second-order valence-corrected chi connectivity index (χ2v) is 7.45. The Kier molecular flexibility index (Phi) is 5.63. The number of hydrogen-bond donors (Lipinski definition) is 1. The number of aromatic nitrogens is 1. The molecule has 1 saturated heterocycles. The molecule has 0 unspecified atom stereocenters. The lowest BCUT2D eigenvalue weighted by Crippen LogP contribution is -2.48. The molecule has 1 N–H and O–H groups in total. The number of alkyl carbamates (subject to hydrolysis) is 1. The van der Waals surface area contributed by atoms with Crippen molar-refractivity contribution in [3.8, 4) is 5.88 Å². The molecule has 1 aromatic rings. The minimum atomic E-state index is -0.461. The summed E-state index contributed by atoms with van der Waals surface area (Å²) in [5.74, 6) is 0.667. The normalized spacial score (nSPS) is 19.7. The molecule has 0 bridgehead atoms. The van der Waals surface area contributed by atoms with E-state index in [0.717, 1.165) is 32.5 Å². The van der Waals surface area contributed by atoms with Gasteiger partial charge in [0.1, 0.15) is 5.60 Å². The maximum Gasteiger partial charge on any atom is 0.407 e. The molecule has 0 saturated carbocycles. The van der Waals surface area contributed by atoms with Gasteiger partial charge in [0.25, 0.3) is 0 Å². The van der Waals surface area contributed by atoms with Crippen molar-refractivity contribution in [2.45, 2.75) is 51.8 Å². The quantitative estimate of drug-likeness (QED) is 0.921. The smallest absolute Gasteiger partial charge is 0.407 e. The van der Waals surface area contributed by atoms with E-state index in [1.54, 1.807) is 7.11 Å². The highest BCUT2D eigenvalue weighted by molar-refractivity contribution is 7.05. The summed E-state index contributed by atoms with van der Waals surface area (Å²) >= 11 is 1.46. The largest absolute Gasteiger partial charge is 0.480 e. The Balaban J connectivity index is 1.82. The molecular formula is C15H25N3O3S. The van der Waals surface area contributed by atoms with Crippen molar-refractivity contribution < 1.29 is 14.3 Å². The van der Waals surface area contributed by atoms with Gasteiger partial charge >= 0.3 is 6.09 Å². The first-order chi connectivity index (χ1) is 10.4. The maximum atomic E-state index is 11.9. The van der Waals surface area contributed by atoms with Crippen LogP contribution in [0.3, 0.4) is 0 Å². The van der Waals surface area contributed by atoms with Crippen LogP contribution in [0.2, 0.25) is 0 Å². The molecule has 0 radical (unpaired) electrons. The fraction of sp³-hybridized carbons (Fsp3) is 0.733. The molecule has 1 aliphatic rings. The molecule has 22 heavy (non-hydrogen) atoms. The summed E-state index contributed by atoms with van der Waals surface area (Å²) in [5, 5.41) is 2.97. The number of piperidine rings is 1. The Labute approximate surface area is 136 Å². The Morgan fingerprint density at radius 1 is 1.55 bits per heavy atom. The van der Waals surface area contributed by atoms with Crippen molar-refractivity contribution in [3.05, 3.63) is 10.9 Å². The highest BCUT2D eigenvalue weighted by atomic mass is 32.1. The van der Waals surface area contributed by atoms with Gasteiger partial charge in [-0.3, -0.25) is 4.90 Å². The van der Waals surface area contributed by atoms with Crippen LogP contribution in [0.25, 0.3) is 0 Å². The van der Waals surface area contributed by atoms with Crippen molar-refractivity contribution >= 4 is 17.6 Å². The summed E-state index contributed by atoms with van der Waals surface area (Å²) in [6.45, 7) is 8.32. The van der Waals surface area contributed by atoms with E-state index in [9.17, 15) is 4.79 Å². The molecule has 0 aliphatic carbocycles. The minimum Gasteiger partial charge on any atom is -0.480 e. The van der Waals surface area contributed by atoms with Crippen LogP contribution in [0.15, 0.2) is 6.07 Å². The molecule has 0 aromatic carbocycles. The van der Waals surface area contributed by atoms with E-state index in [0.29, 0.717) is 5.88 Å². The summed E-state index contributed by atoms with van der Waals surface area (Å²) in [6, 6.07) is 2.11. The molecule has 1 atom stereocenters. The average Bonchev–Trinajstić information content (AvgIpc) is 2.84. The molecular weight excluding hydrogens is 302 g/mol. The van der Waals surface area contributed by atoms with Crippen molar-refractivity contribution in [1.29, 1.82) is 0 Å². The number of rotatable bonds is 4. The fourth-order valence-corrected chi connectivity index (χ4v) is 3.20. The van der Waals surface area contributed by atoms with E-state index in [1.807, 2.05) is 26.8 Å². The molecule has 1 amide bonds. The molecule has 1 fully saturated rings. The standard InChI is InChI=1S/C15H25N3O3S/c1-15(2,3)21-14(19)16-11-6-5-7-18(9-11)10-12-8-13(20-4)17-22-12/h8,11H,5-7,9-10H2,1-4H3,(H,16,19)/t11-/m0/s1. The highest BCUT2D eigenvalue weighted by Crippen LogP contribution is 2.20. The predicted octanol–water partition coefficient (Wildman–Crippen LogP) is 2.64. The average molecular weight is 327 g/mol. The number of methoxy groups -OCH3 is 1. The Morgan fingerprint density at radius 2 is 2.32 bits per heavy atom. The zero-order chi connectivity index (χ0) is 16.2. The minimum absolute atomic E-state index is 0.137. The van der Waals surface area contributed by atoms with Gasteiger partial charge in [0, 0.05) is 30.1 Å². The highest BCUT2D eigenvalue weighted by Gasteiger charge is 2.24. The fourth-order valence-electron chi connectivity index (χ4n) is 2.48. The Bertz CT molecular complexity index is 498. The predicted molar refractivity (Wildman–Crippen MR) is 86.3 cm³/mol. The third-order valence-corrected chi connectivity index (χ3v) is 4.10. The van der Waals surface area contributed by atoms with Crippen LogP contribution in [0.4, 0.5) is 4.79 Å². The van der Waals surface area contributed by atoms with E-state index in [1.165, 1.54) is 16.4 Å². The Hall–Kier alpha value is -1.34. The molecule has 2 heterocycles. The van der Waals surface area contributed by atoms with Crippen molar-refractivity contribution in [2.75, 3.05) is 20.2 Å². The topological polar surface area (TPSA) is 63.7 Å². The summed E-state index contributed by atoms with van der Waals surface area (Å²) < 4.78 is 14.6.